The third-order valence-corrected chi connectivity index (χ3v) is 6.14. The summed E-state index contributed by atoms with van der Waals surface area (Å²) in [7, 11) is 0. The van der Waals surface area contributed by atoms with Gasteiger partial charge in [-0.2, -0.15) is 0 Å². The molecule has 1 N–H and O–H groups in total. The number of carbonyl (C=O) groups is 2. The number of amides is 1. The van der Waals surface area contributed by atoms with Gasteiger partial charge in [-0.05, 0) is 42.3 Å². The molecule has 5 heteroatoms. The molecule has 29 heavy (non-hydrogen) atoms. The van der Waals surface area contributed by atoms with Crippen molar-refractivity contribution in [2.45, 2.75) is 24.8 Å². The van der Waals surface area contributed by atoms with Gasteiger partial charge in [0.1, 0.15) is 5.76 Å². The van der Waals surface area contributed by atoms with E-state index in [2.05, 4.69) is 5.32 Å². The summed E-state index contributed by atoms with van der Waals surface area (Å²) in [4.78, 5) is 28.5. The number of allylic oxidation sites excluding steroid dienone is 1. The number of anilines is 2. The van der Waals surface area contributed by atoms with Crippen LogP contribution in [0.25, 0.3) is 0 Å². The minimum atomic E-state index is -0.394. The average Bonchev–Trinajstić information content (AvgIpc) is 3.33. The lowest BCUT2D eigenvalue weighted by atomic mass is 9.80. The number of nitrogens with zero attached hydrogens (tertiary/aromatic N) is 1. The molecule has 0 fully saturated rings. The number of furan rings is 1. The molecule has 0 spiro atoms. The van der Waals surface area contributed by atoms with Gasteiger partial charge in [0, 0.05) is 29.2 Å². The Kier molecular flexibility index (Phi) is 3.36. The summed E-state index contributed by atoms with van der Waals surface area (Å²) in [6.45, 7) is 0. The van der Waals surface area contributed by atoms with Gasteiger partial charge in [-0.3, -0.25) is 14.5 Å². The van der Waals surface area contributed by atoms with Crippen LogP contribution in [0, 0.1) is 0 Å². The standard InChI is InChI=1S/C24H18N2O3/c27-20-13-14(21-10-5-11-29-21)12-18-22(20)23-15-6-1-2-7-16(15)24(28)26(23)19-9-4-3-8-17(19)25-18/h1-11,14,23,25H,12-13H2/t14-,23+/m0/s1. The van der Waals surface area contributed by atoms with Gasteiger partial charge in [-0.25, -0.2) is 0 Å². The van der Waals surface area contributed by atoms with E-state index in [0.717, 1.165) is 28.4 Å². The number of para-hydroxylation sites is 2. The van der Waals surface area contributed by atoms with Crippen molar-refractivity contribution in [2.24, 2.45) is 0 Å². The average molecular weight is 382 g/mol. The smallest absolute Gasteiger partial charge is 0.259 e. The summed E-state index contributed by atoms with van der Waals surface area (Å²) in [5, 5.41) is 3.49. The Labute approximate surface area is 167 Å². The van der Waals surface area contributed by atoms with Crippen molar-refractivity contribution in [3.63, 3.8) is 0 Å². The highest BCUT2D eigenvalue weighted by Crippen LogP contribution is 2.50. The molecular formula is C24H18N2O3. The zero-order valence-corrected chi connectivity index (χ0v) is 15.6. The van der Waals surface area contributed by atoms with Crippen molar-refractivity contribution in [3.8, 4) is 0 Å². The predicted octanol–water partition coefficient (Wildman–Crippen LogP) is 4.81. The molecule has 3 aromatic rings. The van der Waals surface area contributed by atoms with Gasteiger partial charge in [0.05, 0.1) is 23.7 Å². The molecule has 6 rings (SSSR count). The highest BCUT2D eigenvalue weighted by Gasteiger charge is 2.46. The van der Waals surface area contributed by atoms with Gasteiger partial charge >= 0.3 is 0 Å². The van der Waals surface area contributed by atoms with Crippen LogP contribution in [0.3, 0.4) is 0 Å². The van der Waals surface area contributed by atoms with Crippen molar-refractivity contribution in [1.82, 2.24) is 0 Å². The van der Waals surface area contributed by atoms with Crippen LogP contribution < -0.4 is 10.2 Å². The number of ketones is 1. The lowest BCUT2D eigenvalue weighted by Gasteiger charge is -2.30. The number of nitrogens with one attached hydrogen (secondary N) is 1. The minimum Gasteiger partial charge on any atom is -0.469 e. The van der Waals surface area contributed by atoms with Gasteiger partial charge in [0.15, 0.2) is 5.78 Å². The van der Waals surface area contributed by atoms with E-state index in [1.165, 1.54) is 0 Å². The third-order valence-electron chi connectivity index (χ3n) is 6.14. The first kappa shape index (κ1) is 16.4. The molecule has 2 aromatic carbocycles. The Bertz CT molecular complexity index is 1190. The molecule has 0 bridgehead atoms. The fourth-order valence-electron chi connectivity index (χ4n) is 4.89. The molecule has 1 aliphatic carbocycles. The SMILES string of the molecule is O=C1C[C@@H](c2ccco2)CC2=C1[C@H]1c3ccccc3C(=O)N1c1ccccc1N2. The molecule has 1 amide bonds. The first-order valence-electron chi connectivity index (χ1n) is 9.80. The van der Waals surface area contributed by atoms with Crippen LogP contribution in [-0.4, -0.2) is 11.7 Å². The lowest BCUT2D eigenvalue weighted by molar-refractivity contribution is -0.116. The Morgan fingerprint density at radius 2 is 1.76 bits per heavy atom. The Morgan fingerprint density at radius 3 is 2.62 bits per heavy atom. The molecule has 142 valence electrons. The molecule has 0 saturated heterocycles. The second-order valence-corrected chi connectivity index (χ2v) is 7.74. The monoisotopic (exact) mass is 382 g/mol. The highest BCUT2D eigenvalue weighted by atomic mass is 16.3. The van der Waals surface area contributed by atoms with Crippen LogP contribution in [0.1, 0.15) is 46.5 Å². The molecule has 0 saturated carbocycles. The maximum atomic E-state index is 13.4. The molecule has 2 aliphatic heterocycles. The highest BCUT2D eigenvalue weighted by molar-refractivity contribution is 6.16. The van der Waals surface area contributed by atoms with Crippen molar-refractivity contribution in [3.05, 3.63) is 95.1 Å². The predicted molar refractivity (Wildman–Crippen MR) is 109 cm³/mol. The molecular weight excluding hydrogens is 364 g/mol. The van der Waals surface area contributed by atoms with Crippen LogP contribution in [0.4, 0.5) is 11.4 Å². The third kappa shape index (κ3) is 2.27. The van der Waals surface area contributed by atoms with Gasteiger partial charge in [-0.1, -0.05) is 30.3 Å². The van der Waals surface area contributed by atoms with E-state index in [1.807, 2.05) is 60.7 Å². The summed E-state index contributed by atoms with van der Waals surface area (Å²) < 4.78 is 5.59. The number of benzene rings is 2. The van der Waals surface area contributed by atoms with Crippen LogP contribution >= 0.6 is 0 Å². The Morgan fingerprint density at radius 1 is 0.931 bits per heavy atom. The summed E-state index contributed by atoms with van der Waals surface area (Å²) >= 11 is 0. The molecule has 3 heterocycles. The van der Waals surface area contributed by atoms with Crippen LogP contribution in [0.2, 0.25) is 0 Å². The van der Waals surface area contributed by atoms with Crippen molar-refractivity contribution < 1.29 is 14.0 Å². The van der Waals surface area contributed by atoms with E-state index < -0.39 is 6.04 Å². The van der Waals surface area contributed by atoms with Crippen molar-refractivity contribution in [2.75, 3.05) is 10.2 Å². The van der Waals surface area contributed by atoms with E-state index in [-0.39, 0.29) is 17.6 Å². The maximum Gasteiger partial charge on any atom is 0.259 e. The molecule has 2 atom stereocenters. The molecule has 0 radical (unpaired) electrons. The fraction of sp³-hybridized carbons (Fsp3) is 0.167. The Hall–Kier alpha value is -3.60. The van der Waals surface area contributed by atoms with E-state index >= 15 is 0 Å². The van der Waals surface area contributed by atoms with Crippen LogP contribution in [-0.2, 0) is 4.79 Å². The number of fused-ring (bicyclic) bond motifs is 6. The molecule has 0 unspecified atom stereocenters. The number of hydrogen-bond acceptors (Lipinski definition) is 4. The summed E-state index contributed by atoms with van der Waals surface area (Å²) in [5.74, 6) is 0.820. The number of Topliss-reactive ketones (excluding diaryl/α,β-unsaturated/α-hetero) is 1. The van der Waals surface area contributed by atoms with Gasteiger partial charge in [-0.15, -0.1) is 0 Å². The topological polar surface area (TPSA) is 62.6 Å². The maximum absolute atomic E-state index is 13.4. The second-order valence-electron chi connectivity index (χ2n) is 7.74. The quantitative estimate of drug-likeness (QED) is 0.656. The summed E-state index contributed by atoms with van der Waals surface area (Å²) in [6.07, 6.45) is 2.70. The van der Waals surface area contributed by atoms with E-state index in [4.69, 9.17) is 4.42 Å². The van der Waals surface area contributed by atoms with Crippen molar-refractivity contribution in [1.29, 1.82) is 0 Å². The number of hydrogen-bond donors (Lipinski definition) is 1. The van der Waals surface area contributed by atoms with Gasteiger partial charge in [0.25, 0.3) is 5.91 Å². The molecule has 1 aromatic heterocycles. The first-order chi connectivity index (χ1) is 14.2. The van der Waals surface area contributed by atoms with Crippen LogP contribution in [0.5, 0.6) is 0 Å². The summed E-state index contributed by atoms with van der Waals surface area (Å²) in [5.41, 5.74) is 4.79. The summed E-state index contributed by atoms with van der Waals surface area (Å²) in [6, 6.07) is 18.8. The minimum absolute atomic E-state index is 0.00480. The fourth-order valence-corrected chi connectivity index (χ4v) is 4.89. The number of carbonyl (C=O) groups excluding carboxylic acids is 2. The molecule has 3 aliphatic rings. The second kappa shape index (κ2) is 5.95. The van der Waals surface area contributed by atoms with E-state index in [9.17, 15) is 9.59 Å². The van der Waals surface area contributed by atoms with Gasteiger partial charge < -0.3 is 9.73 Å². The van der Waals surface area contributed by atoms with Gasteiger partial charge in [0.2, 0.25) is 0 Å². The van der Waals surface area contributed by atoms with E-state index in [0.29, 0.717) is 24.0 Å². The lowest BCUT2D eigenvalue weighted by Crippen LogP contribution is -2.32. The zero-order chi connectivity index (χ0) is 19.5. The first-order valence-corrected chi connectivity index (χ1v) is 9.80. The number of rotatable bonds is 1. The normalized spacial score (nSPS) is 22.4. The molecule has 5 nitrogen and oxygen atoms in total. The van der Waals surface area contributed by atoms with Crippen LogP contribution in [0.15, 0.2) is 82.6 Å². The Balaban J connectivity index is 1.57. The zero-order valence-electron chi connectivity index (χ0n) is 15.6. The van der Waals surface area contributed by atoms with Crippen molar-refractivity contribution >= 4 is 23.1 Å². The van der Waals surface area contributed by atoms with E-state index in [1.54, 1.807) is 11.2 Å². The largest absolute Gasteiger partial charge is 0.469 e.